The lowest BCUT2D eigenvalue weighted by molar-refractivity contribution is 0.0858. The van der Waals surface area contributed by atoms with Crippen molar-refractivity contribution >= 4 is 34.8 Å². The molecule has 1 atom stereocenters. The van der Waals surface area contributed by atoms with Gasteiger partial charge in [0.1, 0.15) is 0 Å². The van der Waals surface area contributed by atoms with Gasteiger partial charge in [-0.2, -0.15) is 0 Å². The van der Waals surface area contributed by atoms with Gasteiger partial charge in [0.25, 0.3) is 11.8 Å². The molecule has 1 unspecified atom stereocenters. The van der Waals surface area contributed by atoms with Gasteiger partial charge in [-0.25, -0.2) is 0 Å². The van der Waals surface area contributed by atoms with Crippen LogP contribution in [0.3, 0.4) is 0 Å². The number of anilines is 2. The molecule has 2 aromatic rings. The summed E-state index contributed by atoms with van der Waals surface area (Å²) in [6.07, 6.45) is 4.27. The number of nitrogens with one attached hydrogen (secondary N) is 2. The molecular weight excluding hydrogens is 426 g/mol. The number of halogens is 1. The molecule has 2 aromatic carbocycles. The zero-order valence-corrected chi connectivity index (χ0v) is 19.2. The molecule has 0 bridgehead atoms. The molecule has 2 saturated heterocycles. The van der Waals surface area contributed by atoms with Crippen molar-refractivity contribution in [3.8, 4) is 0 Å². The number of carbonyl (C=O) groups is 2. The first kappa shape index (κ1) is 22.6. The maximum Gasteiger partial charge on any atom is 0.255 e. The zero-order chi connectivity index (χ0) is 22.5. The Hall–Kier alpha value is -2.57. The van der Waals surface area contributed by atoms with Gasteiger partial charge in [-0.1, -0.05) is 24.6 Å². The molecule has 2 aliphatic rings. The number of nitrogens with zero attached hydrogens (tertiary/aromatic N) is 1. The Kier molecular flexibility index (Phi) is 7.33. The van der Waals surface area contributed by atoms with Crippen molar-refractivity contribution in [3.05, 3.63) is 58.6 Å². The number of hydrogen-bond acceptors (Lipinski definition) is 4. The monoisotopic (exact) mass is 455 g/mol. The predicted octanol–water partition coefficient (Wildman–Crippen LogP) is 4.74. The summed E-state index contributed by atoms with van der Waals surface area (Å²) >= 11 is 6.02. The molecule has 0 aliphatic carbocycles. The highest BCUT2D eigenvalue weighted by atomic mass is 35.5. The van der Waals surface area contributed by atoms with Gasteiger partial charge in [-0.15, -0.1) is 0 Å². The van der Waals surface area contributed by atoms with Crippen LogP contribution in [0.15, 0.2) is 42.5 Å². The minimum Gasteiger partial charge on any atom is -0.376 e. The first-order chi connectivity index (χ1) is 15.5. The van der Waals surface area contributed by atoms with E-state index in [1.54, 1.807) is 30.3 Å². The molecule has 0 saturated carbocycles. The zero-order valence-electron chi connectivity index (χ0n) is 18.4. The van der Waals surface area contributed by atoms with Crippen molar-refractivity contribution < 1.29 is 14.3 Å². The summed E-state index contributed by atoms with van der Waals surface area (Å²) < 4.78 is 5.64. The first-order valence-electron chi connectivity index (χ1n) is 11.4. The fourth-order valence-corrected chi connectivity index (χ4v) is 4.45. The predicted molar refractivity (Wildman–Crippen MR) is 128 cm³/mol. The number of hydrogen-bond donors (Lipinski definition) is 2. The van der Waals surface area contributed by atoms with E-state index >= 15 is 0 Å². The van der Waals surface area contributed by atoms with Crippen molar-refractivity contribution in [1.82, 2.24) is 5.32 Å². The van der Waals surface area contributed by atoms with Crippen LogP contribution >= 0.6 is 11.6 Å². The van der Waals surface area contributed by atoms with Gasteiger partial charge in [0, 0.05) is 48.2 Å². The van der Waals surface area contributed by atoms with Crippen LogP contribution in [0.5, 0.6) is 0 Å². The summed E-state index contributed by atoms with van der Waals surface area (Å²) in [4.78, 5) is 28.1. The quantitative estimate of drug-likeness (QED) is 0.660. The van der Waals surface area contributed by atoms with Gasteiger partial charge in [0.05, 0.1) is 11.7 Å². The molecule has 4 rings (SSSR count). The van der Waals surface area contributed by atoms with Gasteiger partial charge in [-0.05, 0) is 68.0 Å². The summed E-state index contributed by atoms with van der Waals surface area (Å²) in [5.74, 6) is 0.282. The number of carbonyl (C=O) groups excluding carboxylic acids is 2. The molecule has 32 heavy (non-hydrogen) atoms. The smallest absolute Gasteiger partial charge is 0.255 e. The highest BCUT2D eigenvalue weighted by Gasteiger charge is 2.23. The van der Waals surface area contributed by atoms with Crippen LogP contribution in [0, 0.1) is 5.92 Å². The lowest BCUT2D eigenvalue weighted by Crippen LogP contribution is -2.36. The number of ether oxygens (including phenoxy) is 1. The Bertz CT molecular complexity index is 967. The fraction of sp³-hybridized carbons (Fsp3) is 0.440. The second-order valence-electron chi connectivity index (χ2n) is 8.71. The van der Waals surface area contributed by atoms with Crippen LogP contribution in [0.2, 0.25) is 5.02 Å². The van der Waals surface area contributed by atoms with Gasteiger partial charge in [0.2, 0.25) is 0 Å². The van der Waals surface area contributed by atoms with Crippen molar-refractivity contribution in [1.29, 1.82) is 0 Å². The average molecular weight is 456 g/mol. The second kappa shape index (κ2) is 10.4. The molecule has 0 spiro atoms. The lowest BCUT2D eigenvalue weighted by Gasteiger charge is -2.33. The van der Waals surface area contributed by atoms with E-state index in [1.807, 2.05) is 12.1 Å². The Balaban J connectivity index is 1.54. The lowest BCUT2D eigenvalue weighted by atomic mass is 9.97. The molecule has 7 heteroatoms. The van der Waals surface area contributed by atoms with Crippen molar-refractivity contribution in [2.45, 2.75) is 38.7 Å². The van der Waals surface area contributed by atoms with Crippen molar-refractivity contribution in [2.75, 3.05) is 36.5 Å². The van der Waals surface area contributed by atoms with Crippen LogP contribution in [0.25, 0.3) is 0 Å². The summed E-state index contributed by atoms with van der Waals surface area (Å²) in [6.45, 7) is 5.35. The summed E-state index contributed by atoms with van der Waals surface area (Å²) in [5, 5.41) is 6.42. The molecule has 0 radical (unpaired) electrons. The minimum absolute atomic E-state index is 0.0731. The SMILES string of the molecule is CC1CCN(c2ccc(NC(=O)c3cccc(Cl)c3)cc2C(=O)NCC2CCCO2)CC1. The number of piperidine rings is 1. The standard InChI is InChI=1S/C25H30ClN3O3/c1-17-9-11-29(12-10-17)23-8-7-20(28-24(30)18-4-2-5-19(26)14-18)15-22(23)25(31)27-16-21-6-3-13-32-21/h2,4-5,7-8,14-15,17,21H,3,6,9-13,16H2,1H3,(H,27,31)(H,28,30). The van der Waals surface area contributed by atoms with E-state index in [0.717, 1.165) is 51.1 Å². The van der Waals surface area contributed by atoms with E-state index in [9.17, 15) is 9.59 Å². The molecule has 6 nitrogen and oxygen atoms in total. The van der Waals surface area contributed by atoms with Crippen LogP contribution in [0.4, 0.5) is 11.4 Å². The van der Waals surface area contributed by atoms with Crippen LogP contribution in [0.1, 0.15) is 53.3 Å². The molecule has 0 aromatic heterocycles. The average Bonchev–Trinajstić information content (AvgIpc) is 3.32. The third kappa shape index (κ3) is 5.61. The third-order valence-electron chi connectivity index (χ3n) is 6.22. The molecule has 2 N–H and O–H groups in total. The molecule has 2 heterocycles. The third-order valence-corrected chi connectivity index (χ3v) is 6.46. The van der Waals surface area contributed by atoms with Gasteiger partial charge < -0.3 is 20.3 Å². The van der Waals surface area contributed by atoms with E-state index in [4.69, 9.17) is 16.3 Å². The number of amides is 2. The number of benzene rings is 2. The van der Waals surface area contributed by atoms with Crippen LogP contribution < -0.4 is 15.5 Å². The Morgan fingerprint density at radius 3 is 2.62 bits per heavy atom. The molecule has 2 fully saturated rings. The van der Waals surface area contributed by atoms with Gasteiger partial charge in [0.15, 0.2) is 0 Å². The minimum atomic E-state index is -0.266. The van der Waals surface area contributed by atoms with Crippen LogP contribution in [-0.4, -0.2) is 44.2 Å². The molecular formula is C25H30ClN3O3. The fourth-order valence-electron chi connectivity index (χ4n) is 4.26. The van der Waals surface area contributed by atoms with E-state index in [0.29, 0.717) is 34.3 Å². The van der Waals surface area contributed by atoms with Crippen LogP contribution in [-0.2, 0) is 4.74 Å². The first-order valence-corrected chi connectivity index (χ1v) is 11.7. The highest BCUT2D eigenvalue weighted by molar-refractivity contribution is 6.31. The van der Waals surface area contributed by atoms with E-state index in [-0.39, 0.29) is 17.9 Å². The molecule has 2 amide bonds. The topological polar surface area (TPSA) is 70.7 Å². The normalized spacial score (nSPS) is 19.1. The maximum absolute atomic E-state index is 13.2. The van der Waals surface area contributed by atoms with E-state index in [1.165, 1.54) is 0 Å². The summed E-state index contributed by atoms with van der Waals surface area (Å²) in [6, 6.07) is 12.3. The van der Waals surface area contributed by atoms with E-state index < -0.39 is 0 Å². The van der Waals surface area contributed by atoms with Crippen molar-refractivity contribution in [3.63, 3.8) is 0 Å². The van der Waals surface area contributed by atoms with E-state index in [2.05, 4.69) is 22.5 Å². The van der Waals surface area contributed by atoms with Gasteiger partial charge in [-0.3, -0.25) is 9.59 Å². The number of rotatable bonds is 6. The largest absolute Gasteiger partial charge is 0.376 e. The Morgan fingerprint density at radius 1 is 1.09 bits per heavy atom. The highest BCUT2D eigenvalue weighted by Crippen LogP contribution is 2.29. The Labute approximate surface area is 194 Å². The van der Waals surface area contributed by atoms with Gasteiger partial charge >= 0.3 is 0 Å². The van der Waals surface area contributed by atoms with Crippen molar-refractivity contribution in [2.24, 2.45) is 5.92 Å². The summed E-state index contributed by atoms with van der Waals surface area (Å²) in [7, 11) is 0. The summed E-state index contributed by atoms with van der Waals surface area (Å²) in [5.41, 5.74) is 2.52. The molecule has 2 aliphatic heterocycles. The molecule has 170 valence electrons. The Morgan fingerprint density at radius 2 is 1.91 bits per heavy atom. The second-order valence-corrected chi connectivity index (χ2v) is 9.15. The maximum atomic E-state index is 13.2.